The molecule has 2 saturated carbocycles. The number of rotatable bonds is 8. The largest absolute Gasteiger partial charge is 0.382 e. The Morgan fingerprint density at radius 3 is 2.30 bits per heavy atom. The van der Waals surface area contributed by atoms with Crippen molar-refractivity contribution in [1.82, 2.24) is 5.43 Å². The quantitative estimate of drug-likeness (QED) is 0.611. The third kappa shape index (κ3) is 5.94. The van der Waals surface area contributed by atoms with Crippen LogP contribution in [-0.2, 0) is 4.79 Å². The summed E-state index contributed by atoms with van der Waals surface area (Å²) in [5, 5.41) is 12.4. The van der Waals surface area contributed by atoms with Gasteiger partial charge in [-0.15, -0.1) is 0 Å². The van der Waals surface area contributed by atoms with E-state index in [2.05, 4.69) is 5.43 Å². The number of nitrogens with two attached hydrogens (primary N) is 1. The first-order valence-electron chi connectivity index (χ1n) is 10.7. The second-order valence-electron chi connectivity index (χ2n) is 8.42. The van der Waals surface area contributed by atoms with Crippen molar-refractivity contribution in [3.8, 4) is 0 Å². The van der Waals surface area contributed by atoms with Crippen LogP contribution in [0.25, 0.3) is 0 Å². The fourth-order valence-corrected chi connectivity index (χ4v) is 4.60. The van der Waals surface area contributed by atoms with Gasteiger partial charge in [-0.2, -0.15) is 0 Å². The minimum absolute atomic E-state index is 0.389. The molecule has 0 heterocycles. The maximum Gasteiger partial charge on any atom is 0.268 e. The third-order valence-corrected chi connectivity index (χ3v) is 6.23. The second-order valence-corrected chi connectivity index (χ2v) is 8.42. The minimum atomic E-state index is -1.17. The van der Waals surface area contributed by atoms with E-state index in [1.807, 2.05) is 35.3 Å². The van der Waals surface area contributed by atoms with Crippen molar-refractivity contribution in [2.45, 2.75) is 76.4 Å². The summed E-state index contributed by atoms with van der Waals surface area (Å²) >= 11 is 0. The Labute approximate surface area is 163 Å². The number of anilines is 1. The molecule has 0 bridgehead atoms. The molecule has 0 spiro atoms. The van der Waals surface area contributed by atoms with E-state index in [0.29, 0.717) is 11.8 Å². The summed E-state index contributed by atoms with van der Waals surface area (Å²) in [5.41, 5.74) is 10.1. The lowest BCUT2D eigenvalue weighted by molar-refractivity contribution is -0.130. The number of benzene rings is 1. The maximum absolute atomic E-state index is 12.7. The van der Waals surface area contributed by atoms with Gasteiger partial charge in [-0.3, -0.25) is 15.2 Å². The molecule has 2 aliphatic rings. The highest BCUT2D eigenvalue weighted by atomic mass is 16.3. The van der Waals surface area contributed by atoms with Crippen molar-refractivity contribution in [3.05, 3.63) is 30.3 Å². The summed E-state index contributed by atoms with van der Waals surface area (Å²) in [6.07, 6.45) is 10.6. The van der Waals surface area contributed by atoms with E-state index >= 15 is 0 Å². The fraction of sp³-hybridized carbons (Fsp3) is 0.682. The molecule has 0 radical (unpaired) electrons. The number of hydrogen-bond donors (Lipinski definition) is 3. The lowest BCUT2D eigenvalue weighted by Crippen LogP contribution is -2.53. The SMILES string of the molecule is NC(CC1CCCCC1)C(O)C(=O)NN(CC1CCCC1)c1ccccc1. The smallest absolute Gasteiger partial charge is 0.268 e. The number of carbonyl (C=O) groups excluding carboxylic acids is 1. The Balaban J connectivity index is 1.58. The zero-order chi connectivity index (χ0) is 19.1. The molecule has 5 nitrogen and oxygen atoms in total. The summed E-state index contributed by atoms with van der Waals surface area (Å²) in [7, 11) is 0. The predicted molar refractivity (Wildman–Crippen MR) is 109 cm³/mol. The molecule has 0 aromatic heterocycles. The molecule has 0 saturated heterocycles. The highest BCUT2D eigenvalue weighted by Crippen LogP contribution is 2.28. The molecule has 27 heavy (non-hydrogen) atoms. The molecule has 5 heteroatoms. The van der Waals surface area contributed by atoms with Crippen LogP contribution in [0.1, 0.15) is 64.2 Å². The van der Waals surface area contributed by atoms with Crippen LogP contribution < -0.4 is 16.2 Å². The van der Waals surface area contributed by atoms with Gasteiger partial charge < -0.3 is 10.8 Å². The van der Waals surface area contributed by atoms with E-state index in [-0.39, 0.29) is 5.91 Å². The van der Waals surface area contributed by atoms with Crippen LogP contribution in [0, 0.1) is 11.8 Å². The van der Waals surface area contributed by atoms with Gasteiger partial charge in [-0.1, -0.05) is 63.1 Å². The summed E-state index contributed by atoms with van der Waals surface area (Å²) in [4.78, 5) is 12.7. The van der Waals surface area contributed by atoms with E-state index in [4.69, 9.17) is 5.73 Å². The average molecular weight is 374 g/mol. The number of aliphatic hydroxyl groups excluding tert-OH is 1. The van der Waals surface area contributed by atoms with E-state index in [9.17, 15) is 9.90 Å². The van der Waals surface area contributed by atoms with Crippen LogP contribution >= 0.6 is 0 Å². The van der Waals surface area contributed by atoms with Crippen LogP contribution in [0.2, 0.25) is 0 Å². The monoisotopic (exact) mass is 373 g/mol. The molecular formula is C22H35N3O2. The second kappa shape index (κ2) is 10.1. The molecule has 2 atom stereocenters. The zero-order valence-corrected chi connectivity index (χ0v) is 16.4. The normalized spacial score (nSPS) is 21.0. The molecule has 150 valence electrons. The topological polar surface area (TPSA) is 78.6 Å². The number of nitrogens with one attached hydrogen (secondary N) is 1. The van der Waals surface area contributed by atoms with Crippen molar-refractivity contribution < 1.29 is 9.90 Å². The Bertz CT molecular complexity index is 568. The molecule has 0 aliphatic heterocycles. The number of para-hydroxylation sites is 1. The van der Waals surface area contributed by atoms with Crippen LogP contribution in [0.5, 0.6) is 0 Å². The zero-order valence-electron chi connectivity index (χ0n) is 16.4. The van der Waals surface area contributed by atoms with Crippen LogP contribution in [0.15, 0.2) is 30.3 Å². The first-order chi connectivity index (χ1) is 13.1. The van der Waals surface area contributed by atoms with Gasteiger partial charge in [0, 0.05) is 12.6 Å². The molecule has 4 N–H and O–H groups in total. The predicted octanol–water partition coefficient (Wildman–Crippen LogP) is 3.37. The molecular weight excluding hydrogens is 338 g/mol. The molecule has 1 amide bonds. The van der Waals surface area contributed by atoms with Gasteiger partial charge in [0.2, 0.25) is 0 Å². The van der Waals surface area contributed by atoms with Crippen molar-refractivity contribution in [1.29, 1.82) is 0 Å². The molecule has 1 aromatic rings. The Morgan fingerprint density at radius 1 is 1.04 bits per heavy atom. The van der Waals surface area contributed by atoms with Gasteiger partial charge >= 0.3 is 0 Å². The maximum atomic E-state index is 12.7. The highest BCUT2D eigenvalue weighted by molar-refractivity contribution is 5.82. The number of hydrogen-bond acceptors (Lipinski definition) is 4. The van der Waals surface area contributed by atoms with Gasteiger partial charge in [0.25, 0.3) is 5.91 Å². The average Bonchev–Trinajstić information content (AvgIpc) is 3.21. The number of hydrazine groups is 1. The van der Waals surface area contributed by atoms with Crippen LogP contribution in [-0.4, -0.2) is 29.7 Å². The standard InChI is InChI=1S/C22H35N3O2/c23-20(15-17-9-3-1-4-10-17)21(26)22(27)24-25(16-18-11-7-8-12-18)19-13-5-2-6-14-19/h2,5-6,13-14,17-18,20-21,26H,1,3-4,7-12,15-16,23H2,(H,24,27). The van der Waals surface area contributed by atoms with Gasteiger partial charge in [0.05, 0.1) is 5.69 Å². The van der Waals surface area contributed by atoms with Crippen LogP contribution in [0.3, 0.4) is 0 Å². The van der Waals surface area contributed by atoms with Crippen molar-refractivity contribution in [2.75, 3.05) is 11.6 Å². The molecule has 2 aliphatic carbocycles. The summed E-state index contributed by atoms with van der Waals surface area (Å²) < 4.78 is 0. The first kappa shape index (κ1) is 20.2. The van der Waals surface area contributed by atoms with Crippen molar-refractivity contribution in [3.63, 3.8) is 0 Å². The molecule has 3 rings (SSSR count). The number of nitrogens with zero attached hydrogens (tertiary/aromatic N) is 1. The van der Waals surface area contributed by atoms with Gasteiger partial charge in [0.1, 0.15) is 6.10 Å². The van der Waals surface area contributed by atoms with Gasteiger partial charge in [-0.25, -0.2) is 0 Å². The number of carbonyl (C=O) groups is 1. The Hall–Kier alpha value is -1.59. The van der Waals surface area contributed by atoms with Gasteiger partial charge in [-0.05, 0) is 43.2 Å². The highest BCUT2D eigenvalue weighted by Gasteiger charge is 2.28. The van der Waals surface area contributed by atoms with Crippen molar-refractivity contribution in [2.24, 2.45) is 17.6 Å². The summed E-state index contributed by atoms with van der Waals surface area (Å²) in [6, 6.07) is 9.38. The Kier molecular flexibility index (Phi) is 7.53. The lowest BCUT2D eigenvalue weighted by Gasteiger charge is -2.31. The lowest BCUT2D eigenvalue weighted by atomic mass is 9.84. The number of amides is 1. The van der Waals surface area contributed by atoms with Crippen molar-refractivity contribution >= 4 is 11.6 Å². The minimum Gasteiger partial charge on any atom is -0.382 e. The van der Waals surface area contributed by atoms with Crippen LogP contribution in [0.4, 0.5) is 5.69 Å². The number of aliphatic hydroxyl groups is 1. The Morgan fingerprint density at radius 2 is 1.63 bits per heavy atom. The molecule has 2 unspecified atom stereocenters. The molecule has 2 fully saturated rings. The van der Waals surface area contributed by atoms with E-state index in [1.54, 1.807) is 0 Å². The first-order valence-corrected chi connectivity index (χ1v) is 10.7. The summed E-state index contributed by atoms with van der Waals surface area (Å²) in [6.45, 7) is 0.778. The van der Waals surface area contributed by atoms with E-state index in [1.165, 1.54) is 57.8 Å². The third-order valence-electron chi connectivity index (χ3n) is 6.23. The summed E-state index contributed by atoms with van der Waals surface area (Å²) in [5.74, 6) is 0.735. The fourth-order valence-electron chi connectivity index (χ4n) is 4.60. The van der Waals surface area contributed by atoms with E-state index in [0.717, 1.165) is 18.7 Å². The molecule has 1 aromatic carbocycles. The van der Waals surface area contributed by atoms with E-state index < -0.39 is 12.1 Å². The van der Waals surface area contributed by atoms with Gasteiger partial charge in [0.15, 0.2) is 0 Å².